The average molecular weight is 229 g/mol. The summed E-state index contributed by atoms with van der Waals surface area (Å²) in [5.41, 5.74) is 6.89. The largest absolute Gasteiger partial charge is 0.487 e. The number of methoxy groups -OCH3 is 2. The molecule has 1 aromatic rings. The summed E-state index contributed by atoms with van der Waals surface area (Å²) in [4.78, 5) is 1.15. The van der Waals surface area contributed by atoms with Gasteiger partial charge in [0.05, 0.1) is 7.11 Å². The Morgan fingerprint density at radius 2 is 2.20 bits per heavy atom. The van der Waals surface area contributed by atoms with Crippen molar-refractivity contribution < 1.29 is 9.47 Å². The number of aryl methyl sites for hydroxylation is 1. The summed E-state index contributed by atoms with van der Waals surface area (Å²) >= 11 is 1.63. The van der Waals surface area contributed by atoms with Crippen LogP contribution in [0.15, 0.2) is 6.07 Å². The monoisotopic (exact) mass is 229 g/mol. The van der Waals surface area contributed by atoms with Crippen LogP contribution in [0.4, 0.5) is 0 Å². The maximum Gasteiger partial charge on any atom is 0.176 e. The van der Waals surface area contributed by atoms with Gasteiger partial charge in [0.15, 0.2) is 5.06 Å². The second-order valence-electron chi connectivity index (χ2n) is 3.38. The quantitative estimate of drug-likeness (QED) is 0.814. The fourth-order valence-corrected chi connectivity index (χ4v) is 2.65. The molecule has 0 amide bonds. The summed E-state index contributed by atoms with van der Waals surface area (Å²) in [6.07, 6.45) is 2.16. The van der Waals surface area contributed by atoms with Gasteiger partial charge in [-0.25, -0.2) is 0 Å². The van der Waals surface area contributed by atoms with Crippen molar-refractivity contribution in [2.45, 2.75) is 25.9 Å². The molecule has 0 aliphatic rings. The van der Waals surface area contributed by atoms with Crippen molar-refractivity contribution in [2.24, 2.45) is 5.73 Å². The molecule has 86 valence electrons. The van der Waals surface area contributed by atoms with Crippen LogP contribution in [0.5, 0.6) is 5.06 Å². The first kappa shape index (κ1) is 12.5. The van der Waals surface area contributed by atoms with Crippen LogP contribution in [-0.4, -0.2) is 20.8 Å². The molecule has 0 saturated heterocycles. The smallest absolute Gasteiger partial charge is 0.176 e. The summed E-state index contributed by atoms with van der Waals surface area (Å²) in [6.45, 7) is 2.67. The second kappa shape index (κ2) is 6.10. The lowest BCUT2D eigenvalue weighted by molar-refractivity contribution is 0.113. The summed E-state index contributed by atoms with van der Waals surface area (Å²) in [7, 11) is 3.39. The van der Waals surface area contributed by atoms with Crippen LogP contribution in [0.25, 0.3) is 0 Å². The topological polar surface area (TPSA) is 44.5 Å². The molecular formula is C11H19NO2S. The molecule has 0 aliphatic heterocycles. The molecule has 2 N–H and O–H groups in total. The Morgan fingerprint density at radius 1 is 1.47 bits per heavy atom. The van der Waals surface area contributed by atoms with Gasteiger partial charge >= 0.3 is 0 Å². The number of hydrogen-bond donors (Lipinski definition) is 1. The van der Waals surface area contributed by atoms with E-state index >= 15 is 0 Å². The van der Waals surface area contributed by atoms with Crippen molar-refractivity contribution >= 4 is 11.3 Å². The van der Waals surface area contributed by atoms with Crippen LogP contribution < -0.4 is 10.5 Å². The lowest BCUT2D eigenvalue weighted by Crippen LogP contribution is -2.12. The Morgan fingerprint density at radius 3 is 2.67 bits per heavy atom. The van der Waals surface area contributed by atoms with E-state index in [0.717, 1.165) is 22.8 Å². The van der Waals surface area contributed by atoms with Gasteiger partial charge in [0.25, 0.3) is 0 Å². The van der Waals surface area contributed by atoms with E-state index in [2.05, 4.69) is 13.0 Å². The first-order chi connectivity index (χ1) is 7.26. The SMILES string of the molecule is CCCc1cc(C(CN)OC)sc1OC. The van der Waals surface area contributed by atoms with E-state index in [1.807, 2.05) is 0 Å². The molecule has 1 aromatic heterocycles. The fraction of sp³-hybridized carbons (Fsp3) is 0.636. The third-order valence-corrected chi connectivity index (χ3v) is 3.54. The van der Waals surface area contributed by atoms with Gasteiger partial charge in [-0.15, -0.1) is 11.3 Å². The molecule has 0 bridgehead atoms. The fourth-order valence-electron chi connectivity index (χ4n) is 1.54. The highest BCUT2D eigenvalue weighted by molar-refractivity contribution is 7.14. The van der Waals surface area contributed by atoms with Crippen LogP contribution in [0.1, 0.15) is 29.9 Å². The van der Waals surface area contributed by atoms with Gasteiger partial charge < -0.3 is 15.2 Å². The second-order valence-corrected chi connectivity index (χ2v) is 4.42. The highest BCUT2D eigenvalue weighted by Gasteiger charge is 2.15. The van der Waals surface area contributed by atoms with Crippen LogP contribution >= 0.6 is 11.3 Å². The van der Waals surface area contributed by atoms with Gasteiger partial charge in [-0.05, 0) is 12.5 Å². The van der Waals surface area contributed by atoms with Gasteiger partial charge in [-0.2, -0.15) is 0 Å². The molecule has 15 heavy (non-hydrogen) atoms. The van der Waals surface area contributed by atoms with Crippen molar-refractivity contribution in [3.8, 4) is 5.06 Å². The molecule has 0 saturated carbocycles. The molecular weight excluding hydrogens is 210 g/mol. The number of thiophene rings is 1. The van der Waals surface area contributed by atoms with E-state index in [1.54, 1.807) is 25.6 Å². The first-order valence-electron chi connectivity index (χ1n) is 5.16. The van der Waals surface area contributed by atoms with Crippen LogP contribution in [0.3, 0.4) is 0 Å². The minimum Gasteiger partial charge on any atom is -0.487 e. The molecule has 0 spiro atoms. The molecule has 0 radical (unpaired) electrons. The summed E-state index contributed by atoms with van der Waals surface area (Å²) in [5.74, 6) is 0. The third kappa shape index (κ3) is 2.93. The van der Waals surface area contributed by atoms with Crippen LogP contribution in [0, 0.1) is 0 Å². The Hall–Kier alpha value is -0.580. The zero-order valence-corrected chi connectivity index (χ0v) is 10.4. The van der Waals surface area contributed by atoms with Crippen molar-refractivity contribution in [3.05, 3.63) is 16.5 Å². The van der Waals surface area contributed by atoms with E-state index in [1.165, 1.54) is 5.56 Å². The molecule has 0 aromatic carbocycles. The standard InChI is InChI=1S/C11H19NO2S/c1-4-5-8-6-10(9(7-12)13-2)15-11(8)14-3/h6,9H,4-5,7,12H2,1-3H3. The Kier molecular flexibility index (Phi) is 5.08. The highest BCUT2D eigenvalue weighted by Crippen LogP contribution is 2.35. The van der Waals surface area contributed by atoms with Gasteiger partial charge in [0, 0.05) is 24.1 Å². The van der Waals surface area contributed by atoms with E-state index in [0.29, 0.717) is 6.54 Å². The predicted molar refractivity (Wildman–Crippen MR) is 63.7 cm³/mol. The third-order valence-electron chi connectivity index (χ3n) is 2.31. The number of nitrogens with two attached hydrogens (primary N) is 1. The van der Waals surface area contributed by atoms with Crippen molar-refractivity contribution in [2.75, 3.05) is 20.8 Å². The van der Waals surface area contributed by atoms with Crippen molar-refractivity contribution in [1.29, 1.82) is 0 Å². The molecule has 4 heteroatoms. The van der Waals surface area contributed by atoms with E-state index in [-0.39, 0.29) is 6.10 Å². The summed E-state index contributed by atoms with van der Waals surface area (Å²) in [6, 6.07) is 2.15. The zero-order chi connectivity index (χ0) is 11.3. The number of hydrogen-bond acceptors (Lipinski definition) is 4. The average Bonchev–Trinajstić information content (AvgIpc) is 2.64. The Bertz CT molecular complexity index is 295. The minimum absolute atomic E-state index is 0.00509. The first-order valence-corrected chi connectivity index (χ1v) is 5.97. The van der Waals surface area contributed by atoms with Gasteiger partial charge in [0.1, 0.15) is 6.10 Å². The number of rotatable bonds is 6. The normalized spacial score (nSPS) is 12.8. The van der Waals surface area contributed by atoms with Crippen LogP contribution in [-0.2, 0) is 11.2 Å². The van der Waals surface area contributed by atoms with E-state index in [4.69, 9.17) is 15.2 Å². The van der Waals surface area contributed by atoms with E-state index < -0.39 is 0 Å². The zero-order valence-electron chi connectivity index (χ0n) is 9.58. The molecule has 1 heterocycles. The van der Waals surface area contributed by atoms with Gasteiger partial charge in [-0.3, -0.25) is 0 Å². The highest BCUT2D eigenvalue weighted by atomic mass is 32.1. The molecule has 1 unspecified atom stereocenters. The Labute approximate surface area is 95.2 Å². The minimum atomic E-state index is -0.00509. The van der Waals surface area contributed by atoms with Crippen molar-refractivity contribution in [3.63, 3.8) is 0 Å². The van der Waals surface area contributed by atoms with Crippen LogP contribution in [0.2, 0.25) is 0 Å². The lowest BCUT2D eigenvalue weighted by Gasteiger charge is -2.09. The Balaban J connectivity index is 2.90. The lowest BCUT2D eigenvalue weighted by atomic mass is 10.1. The molecule has 1 atom stereocenters. The molecule has 3 nitrogen and oxygen atoms in total. The molecule has 0 fully saturated rings. The van der Waals surface area contributed by atoms with Crippen molar-refractivity contribution in [1.82, 2.24) is 0 Å². The summed E-state index contributed by atoms with van der Waals surface area (Å²) < 4.78 is 10.6. The summed E-state index contributed by atoms with van der Waals surface area (Å²) in [5, 5.41) is 0.988. The maximum atomic E-state index is 5.63. The molecule has 0 aliphatic carbocycles. The number of ether oxygens (including phenoxy) is 2. The van der Waals surface area contributed by atoms with E-state index in [9.17, 15) is 0 Å². The van der Waals surface area contributed by atoms with Gasteiger partial charge in [0.2, 0.25) is 0 Å². The maximum absolute atomic E-state index is 5.63. The van der Waals surface area contributed by atoms with Gasteiger partial charge in [-0.1, -0.05) is 13.3 Å². The predicted octanol–water partition coefficient (Wildman–Crippen LogP) is 2.36. The molecule has 1 rings (SSSR count).